The number of ether oxygens (including phenoxy) is 2. The molecule has 11 heteroatoms. The second-order valence-corrected chi connectivity index (χ2v) is 10.2. The molecule has 4 aromatic rings. The third-order valence-electron chi connectivity index (χ3n) is 6.58. The number of carbonyl (C=O) groups excluding carboxylic acids is 2. The number of nitrogens with one attached hydrogen (secondary N) is 2. The predicted octanol–water partition coefficient (Wildman–Crippen LogP) is 4.99. The van der Waals surface area contributed by atoms with Crippen molar-refractivity contribution in [2.45, 2.75) is 13.0 Å². The summed E-state index contributed by atoms with van der Waals surface area (Å²) in [7, 11) is 0. The van der Waals surface area contributed by atoms with Crippen LogP contribution in [0.4, 0.5) is 21.9 Å². The lowest BCUT2D eigenvalue weighted by Crippen LogP contribution is -2.43. The van der Waals surface area contributed by atoms with Crippen LogP contribution in [0.15, 0.2) is 60.8 Å². The van der Waals surface area contributed by atoms with E-state index < -0.39 is 0 Å². The van der Waals surface area contributed by atoms with Gasteiger partial charge in [0, 0.05) is 6.20 Å². The van der Waals surface area contributed by atoms with Gasteiger partial charge in [0.15, 0.2) is 6.19 Å². The highest BCUT2D eigenvalue weighted by molar-refractivity contribution is 7.21. The van der Waals surface area contributed by atoms with Crippen LogP contribution in [-0.4, -0.2) is 54.2 Å². The number of nitrogens with zero attached hydrogens (tertiary/aromatic N) is 4. The number of pyridine rings is 1. The number of rotatable bonds is 5. The van der Waals surface area contributed by atoms with E-state index in [1.54, 1.807) is 22.1 Å². The molecule has 4 heterocycles. The molecule has 10 nitrogen and oxygen atoms in total. The largest absolute Gasteiger partial charge is 0.457 e. The maximum absolute atomic E-state index is 13.5. The van der Waals surface area contributed by atoms with Gasteiger partial charge in [0.2, 0.25) is 0 Å². The van der Waals surface area contributed by atoms with Crippen molar-refractivity contribution in [3.63, 3.8) is 0 Å². The molecule has 0 spiro atoms. The Hall–Kier alpha value is -4.66. The highest BCUT2D eigenvalue weighted by Crippen LogP contribution is 2.46. The van der Waals surface area contributed by atoms with E-state index in [0.29, 0.717) is 64.2 Å². The van der Waals surface area contributed by atoms with Crippen molar-refractivity contribution < 1.29 is 19.1 Å². The molecule has 0 bridgehead atoms. The second-order valence-electron chi connectivity index (χ2n) is 9.24. The lowest BCUT2D eigenvalue weighted by atomic mass is 10.1. The number of para-hydroxylation sites is 1. The average molecular weight is 541 g/mol. The molecule has 2 aromatic carbocycles. The summed E-state index contributed by atoms with van der Waals surface area (Å²) >= 11 is 1.21. The summed E-state index contributed by atoms with van der Waals surface area (Å²) < 4.78 is 11.5. The zero-order valence-corrected chi connectivity index (χ0v) is 21.8. The van der Waals surface area contributed by atoms with Gasteiger partial charge in [-0.2, -0.15) is 5.26 Å². The third kappa shape index (κ3) is 4.71. The Morgan fingerprint density at radius 3 is 2.85 bits per heavy atom. The van der Waals surface area contributed by atoms with Crippen molar-refractivity contribution >= 4 is 50.6 Å². The van der Waals surface area contributed by atoms with E-state index in [0.717, 1.165) is 11.3 Å². The second kappa shape index (κ2) is 10.2. The Labute approximate surface area is 228 Å². The quantitative estimate of drug-likeness (QED) is 0.342. The lowest BCUT2D eigenvalue weighted by molar-refractivity contribution is 0.0888. The van der Waals surface area contributed by atoms with Gasteiger partial charge in [0.1, 0.15) is 21.2 Å². The predicted molar refractivity (Wildman–Crippen MR) is 148 cm³/mol. The van der Waals surface area contributed by atoms with Crippen molar-refractivity contribution in [1.82, 2.24) is 15.2 Å². The number of amides is 3. The molecule has 2 aliphatic rings. The summed E-state index contributed by atoms with van der Waals surface area (Å²) in [4.78, 5) is 35.4. The molecule has 196 valence electrons. The van der Waals surface area contributed by atoms with E-state index in [1.165, 1.54) is 11.3 Å². The molecular formula is C28H24N6O4S. The number of carbonyl (C=O) groups is 2. The maximum atomic E-state index is 13.5. The van der Waals surface area contributed by atoms with Crippen LogP contribution in [0.5, 0.6) is 11.5 Å². The molecule has 2 aliphatic heterocycles. The highest BCUT2D eigenvalue weighted by Gasteiger charge is 2.34. The molecule has 2 N–H and O–H groups in total. The van der Waals surface area contributed by atoms with Crippen LogP contribution >= 0.6 is 11.3 Å². The van der Waals surface area contributed by atoms with Gasteiger partial charge in [-0.3, -0.25) is 9.69 Å². The van der Waals surface area contributed by atoms with Crippen molar-refractivity contribution in [3.05, 3.63) is 71.2 Å². The monoisotopic (exact) mass is 540 g/mol. The normalized spacial score (nSPS) is 16.8. The number of aromatic nitrogens is 1. The van der Waals surface area contributed by atoms with Crippen molar-refractivity contribution in [1.29, 1.82) is 5.26 Å². The molecule has 0 radical (unpaired) electrons. The number of urea groups is 1. The summed E-state index contributed by atoms with van der Waals surface area (Å²) in [6, 6.07) is 16.1. The summed E-state index contributed by atoms with van der Waals surface area (Å²) in [5.74, 6) is 1.03. The van der Waals surface area contributed by atoms with Crippen LogP contribution in [0.25, 0.3) is 10.2 Å². The molecule has 1 fully saturated rings. The smallest absolute Gasteiger partial charge is 0.331 e. The molecule has 6 rings (SSSR count). The van der Waals surface area contributed by atoms with Gasteiger partial charge in [0.25, 0.3) is 5.91 Å². The maximum Gasteiger partial charge on any atom is 0.331 e. The van der Waals surface area contributed by atoms with Crippen LogP contribution in [0.2, 0.25) is 0 Å². The number of thiophene rings is 1. The summed E-state index contributed by atoms with van der Waals surface area (Å²) in [6.45, 7) is 3.48. The Morgan fingerprint density at radius 1 is 1.21 bits per heavy atom. The van der Waals surface area contributed by atoms with Crippen LogP contribution < -0.4 is 20.3 Å². The lowest BCUT2D eigenvalue weighted by Gasteiger charge is -2.29. The number of hydrogen-bond acceptors (Lipinski definition) is 8. The van der Waals surface area contributed by atoms with E-state index >= 15 is 0 Å². The fourth-order valence-corrected chi connectivity index (χ4v) is 5.81. The topological polar surface area (TPSA) is 120 Å². The number of benzene rings is 2. The van der Waals surface area contributed by atoms with Gasteiger partial charge in [0.05, 0.1) is 54.8 Å². The summed E-state index contributed by atoms with van der Waals surface area (Å²) in [6.07, 6.45) is 3.75. The Balaban J connectivity index is 1.31. The SMILES string of the molecule is Cc1cc(Oc2ccccc2)ccc1N1C(=O)Nc2c(C(=O)NC3COCCN(C#N)C3)sc3nccc1c23. The van der Waals surface area contributed by atoms with Crippen molar-refractivity contribution in [2.24, 2.45) is 0 Å². The standard InChI is InChI=1S/C28H24N6O4S/c1-17-13-20(38-19-5-3-2-4-6-19)7-8-21(17)34-22-9-10-30-27-23(22)24(32-28(34)36)25(39-27)26(35)31-18-14-33(16-29)11-12-37-15-18/h2-10,13,18H,11-12,14-15H2,1H3,(H,31,35)(H,32,36). The molecule has 0 saturated carbocycles. The van der Waals surface area contributed by atoms with Crippen LogP contribution in [-0.2, 0) is 4.74 Å². The number of aryl methyl sites for hydroxylation is 1. The van der Waals surface area contributed by atoms with Gasteiger partial charge >= 0.3 is 6.03 Å². The fraction of sp³-hybridized carbons (Fsp3) is 0.214. The molecule has 3 amide bonds. The fourth-order valence-electron chi connectivity index (χ4n) is 4.79. The minimum atomic E-state index is -0.379. The first-order valence-electron chi connectivity index (χ1n) is 12.4. The molecular weight excluding hydrogens is 516 g/mol. The number of anilines is 3. The van der Waals surface area contributed by atoms with Gasteiger partial charge < -0.3 is 25.0 Å². The third-order valence-corrected chi connectivity index (χ3v) is 7.68. The van der Waals surface area contributed by atoms with E-state index in [4.69, 9.17) is 9.47 Å². The van der Waals surface area contributed by atoms with Crippen molar-refractivity contribution in [2.75, 3.05) is 36.5 Å². The Bertz CT molecular complexity index is 1620. The molecule has 1 unspecified atom stereocenters. The minimum absolute atomic E-state index is 0.303. The van der Waals surface area contributed by atoms with Gasteiger partial charge in [-0.1, -0.05) is 18.2 Å². The van der Waals surface area contributed by atoms with Gasteiger partial charge in [-0.25, -0.2) is 9.78 Å². The van der Waals surface area contributed by atoms with Crippen LogP contribution in [0.3, 0.4) is 0 Å². The first-order chi connectivity index (χ1) is 19.0. The first-order valence-corrected chi connectivity index (χ1v) is 13.2. The van der Waals surface area contributed by atoms with Gasteiger partial charge in [-0.15, -0.1) is 11.3 Å². The highest BCUT2D eigenvalue weighted by atomic mass is 32.1. The van der Waals surface area contributed by atoms with Crippen LogP contribution in [0.1, 0.15) is 15.2 Å². The van der Waals surface area contributed by atoms with Crippen LogP contribution in [0, 0.1) is 18.4 Å². The van der Waals surface area contributed by atoms with E-state index in [2.05, 4.69) is 21.8 Å². The molecule has 39 heavy (non-hydrogen) atoms. The van der Waals surface area contributed by atoms with Crippen molar-refractivity contribution in [3.8, 4) is 17.7 Å². The zero-order chi connectivity index (χ0) is 26.9. The molecule has 0 aliphatic carbocycles. The molecule has 2 aromatic heterocycles. The van der Waals surface area contributed by atoms with Gasteiger partial charge in [-0.05, 0) is 48.9 Å². The summed E-state index contributed by atoms with van der Waals surface area (Å²) in [5, 5.41) is 15.9. The zero-order valence-electron chi connectivity index (χ0n) is 21.0. The first kappa shape index (κ1) is 24.7. The number of hydrogen-bond donors (Lipinski definition) is 2. The Morgan fingerprint density at radius 2 is 2.05 bits per heavy atom. The van der Waals surface area contributed by atoms with E-state index in [-0.39, 0.29) is 18.0 Å². The average Bonchev–Trinajstić information content (AvgIpc) is 3.15. The number of nitriles is 1. The summed E-state index contributed by atoms with van der Waals surface area (Å²) in [5.41, 5.74) is 2.61. The minimum Gasteiger partial charge on any atom is -0.457 e. The molecule has 1 saturated heterocycles. The van der Waals surface area contributed by atoms with E-state index in [1.807, 2.05) is 55.5 Å². The Kier molecular flexibility index (Phi) is 6.48. The van der Waals surface area contributed by atoms with E-state index in [9.17, 15) is 14.9 Å². The molecule has 1 atom stereocenters.